The van der Waals surface area contributed by atoms with Gasteiger partial charge in [0.25, 0.3) is 0 Å². The third kappa shape index (κ3) is 3.91. The lowest BCUT2D eigenvalue weighted by Gasteiger charge is -2.08. The minimum atomic E-state index is 0.708. The Morgan fingerprint density at radius 2 is 1.89 bits per heavy atom. The van der Waals surface area contributed by atoms with Crippen LogP contribution >= 0.6 is 22.6 Å². The lowest BCUT2D eigenvalue weighted by atomic mass is 10.2. The minimum Gasteiger partial charge on any atom is -0.494 e. The van der Waals surface area contributed by atoms with Crippen LogP contribution in [-0.4, -0.2) is 6.61 Å². The topological polar surface area (TPSA) is 21.3 Å². The molecule has 0 amide bonds. The van der Waals surface area contributed by atoms with E-state index in [9.17, 15) is 0 Å². The maximum absolute atomic E-state index is 5.42. The molecule has 0 aliphatic heterocycles. The van der Waals surface area contributed by atoms with Crippen LogP contribution in [0.5, 0.6) is 5.75 Å². The molecule has 2 aromatic carbocycles. The van der Waals surface area contributed by atoms with Gasteiger partial charge in [0.2, 0.25) is 0 Å². The van der Waals surface area contributed by atoms with Gasteiger partial charge in [-0.15, -0.1) is 0 Å². The van der Waals surface area contributed by atoms with E-state index in [1.165, 1.54) is 9.13 Å². The van der Waals surface area contributed by atoms with Crippen LogP contribution in [0, 0.1) is 3.57 Å². The average molecular weight is 353 g/mol. The number of anilines is 1. The highest BCUT2D eigenvalue weighted by Gasteiger charge is 1.96. The molecule has 2 rings (SSSR count). The van der Waals surface area contributed by atoms with Crippen molar-refractivity contribution in [3.8, 4) is 5.75 Å². The molecule has 0 heterocycles. The maximum atomic E-state index is 5.42. The molecule has 2 aromatic rings. The number of ether oxygens (including phenoxy) is 1. The van der Waals surface area contributed by atoms with Gasteiger partial charge >= 0.3 is 0 Å². The molecule has 0 atom stereocenters. The fraction of sp³-hybridized carbons (Fsp3) is 0.200. The summed E-state index contributed by atoms with van der Waals surface area (Å²) in [5, 5.41) is 3.41. The number of rotatable bonds is 5. The van der Waals surface area contributed by atoms with Crippen LogP contribution < -0.4 is 10.1 Å². The second-order valence-corrected chi connectivity index (χ2v) is 5.19. The first-order valence-corrected chi connectivity index (χ1v) is 7.07. The smallest absolute Gasteiger partial charge is 0.119 e. The molecule has 0 saturated carbocycles. The van der Waals surface area contributed by atoms with Crippen molar-refractivity contribution in [1.29, 1.82) is 0 Å². The Balaban J connectivity index is 1.93. The van der Waals surface area contributed by atoms with Crippen LogP contribution in [0.4, 0.5) is 5.69 Å². The van der Waals surface area contributed by atoms with Crippen LogP contribution in [0.25, 0.3) is 0 Å². The highest BCUT2D eigenvalue weighted by atomic mass is 127. The van der Waals surface area contributed by atoms with Crippen LogP contribution in [0.15, 0.2) is 48.5 Å². The van der Waals surface area contributed by atoms with E-state index in [4.69, 9.17) is 4.74 Å². The highest BCUT2D eigenvalue weighted by molar-refractivity contribution is 14.1. The fourth-order valence-electron chi connectivity index (χ4n) is 1.67. The van der Waals surface area contributed by atoms with Gasteiger partial charge in [0.05, 0.1) is 6.61 Å². The number of benzene rings is 2. The molecule has 0 spiro atoms. The summed E-state index contributed by atoms with van der Waals surface area (Å²) in [7, 11) is 0. The summed E-state index contributed by atoms with van der Waals surface area (Å²) in [5.74, 6) is 0.926. The van der Waals surface area contributed by atoms with Gasteiger partial charge < -0.3 is 10.1 Å². The maximum Gasteiger partial charge on any atom is 0.119 e. The third-order valence-corrected chi connectivity index (χ3v) is 3.23. The summed E-state index contributed by atoms with van der Waals surface area (Å²) in [6, 6.07) is 16.6. The van der Waals surface area contributed by atoms with Crippen molar-refractivity contribution in [2.75, 3.05) is 11.9 Å². The van der Waals surface area contributed by atoms with Gasteiger partial charge in [-0.05, 0) is 65.4 Å². The Hall–Kier alpha value is -1.23. The summed E-state index contributed by atoms with van der Waals surface area (Å²) >= 11 is 2.32. The Bertz CT molecular complexity index is 496. The molecule has 94 valence electrons. The molecule has 0 aliphatic rings. The molecule has 1 N–H and O–H groups in total. The van der Waals surface area contributed by atoms with Crippen molar-refractivity contribution < 1.29 is 4.74 Å². The van der Waals surface area contributed by atoms with E-state index in [0.717, 1.165) is 18.0 Å². The normalized spacial score (nSPS) is 10.1. The standard InChI is InChI=1S/C15H16INO/c1-2-18-15-8-6-12(7-9-15)11-17-14-5-3-4-13(16)10-14/h3-10,17H,2,11H2,1H3. The van der Waals surface area contributed by atoms with Crippen LogP contribution in [-0.2, 0) is 6.54 Å². The summed E-state index contributed by atoms with van der Waals surface area (Å²) in [5.41, 5.74) is 2.40. The van der Waals surface area contributed by atoms with E-state index >= 15 is 0 Å². The van der Waals surface area contributed by atoms with Crippen molar-refractivity contribution in [2.24, 2.45) is 0 Å². The summed E-state index contributed by atoms with van der Waals surface area (Å²) in [4.78, 5) is 0. The zero-order chi connectivity index (χ0) is 12.8. The van der Waals surface area contributed by atoms with Crippen LogP contribution in [0.2, 0.25) is 0 Å². The highest BCUT2D eigenvalue weighted by Crippen LogP contribution is 2.15. The second-order valence-electron chi connectivity index (χ2n) is 3.94. The van der Waals surface area contributed by atoms with E-state index in [0.29, 0.717) is 6.61 Å². The van der Waals surface area contributed by atoms with E-state index in [1.54, 1.807) is 0 Å². The predicted octanol–water partition coefficient (Wildman–Crippen LogP) is 4.30. The van der Waals surface area contributed by atoms with Gasteiger partial charge in [0.1, 0.15) is 5.75 Å². The average Bonchev–Trinajstić information content (AvgIpc) is 2.38. The number of hydrogen-bond donors (Lipinski definition) is 1. The van der Waals surface area contributed by atoms with Crippen LogP contribution in [0.1, 0.15) is 12.5 Å². The fourth-order valence-corrected chi connectivity index (χ4v) is 2.22. The van der Waals surface area contributed by atoms with E-state index in [1.807, 2.05) is 19.1 Å². The first-order chi connectivity index (χ1) is 8.78. The molecule has 0 aliphatic carbocycles. The molecule has 0 saturated heterocycles. The number of nitrogens with one attached hydrogen (secondary N) is 1. The predicted molar refractivity (Wildman–Crippen MR) is 84.1 cm³/mol. The second kappa shape index (κ2) is 6.64. The molecule has 18 heavy (non-hydrogen) atoms. The van der Waals surface area contributed by atoms with Gasteiger partial charge in [0.15, 0.2) is 0 Å². The molecule has 0 fully saturated rings. The van der Waals surface area contributed by atoms with Gasteiger partial charge in [0, 0.05) is 15.8 Å². The van der Waals surface area contributed by atoms with E-state index in [2.05, 4.69) is 64.3 Å². The lowest BCUT2D eigenvalue weighted by molar-refractivity contribution is 0.340. The van der Waals surface area contributed by atoms with Crippen LogP contribution in [0.3, 0.4) is 0 Å². The number of hydrogen-bond acceptors (Lipinski definition) is 2. The Morgan fingerprint density at radius 1 is 1.11 bits per heavy atom. The SMILES string of the molecule is CCOc1ccc(CNc2cccc(I)c2)cc1. The first-order valence-electron chi connectivity index (χ1n) is 5.99. The third-order valence-electron chi connectivity index (χ3n) is 2.56. The van der Waals surface area contributed by atoms with Crippen molar-refractivity contribution in [3.63, 3.8) is 0 Å². The molecule has 0 bridgehead atoms. The van der Waals surface area contributed by atoms with Gasteiger partial charge in [-0.3, -0.25) is 0 Å². The van der Waals surface area contributed by atoms with E-state index < -0.39 is 0 Å². The largest absolute Gasteiger partial charge is 0.494 e. The number of halogens is 1. The Labute approximate surface area is 122 Å². The molecule has 0 aromatic heterocycles. The first kappa shape index (κ1) is 13.2. The van der Waals surface area contributed by atoms with Gasteiger partial charge in [-0.1, -0.05) is 18.2 Å². The summed E-state index contributed by atoms with van der Waals surface area (Å²) in [6.45, 7) is 3.53. The van der Waals surface area contributed by atoms with Crippen molar-refractivity contribution in [3.05, 3.63) is 57.7 Å². The molecule has 2 nitrogen and oxygen atoms in total. The van der Waals surface area contributed by atoms with Crippen molar-refractivity contribution in [1.82, 2.24) is 0 Å². The monoisotopic (exact) mass is 353 g/mol. The van der Waals surface area contributed by atoms with Crippen molar-refractivity contribution in [2.45, 2.75) is 13.5 Å². The zero-order valence-corrected chi connectivity index (χ0v) is 12.5. The quantitative estimate of drug-likeness (QED) is 0.810. The van der Waals surface area contributed by atoms with Gasteiger partial charge in [-0.25, -0.2) is 0 Å². The zero-order valence-electron chi connectivity index (χ0n) is 10.3. The Morgan fingerprint density at radius 3 is 2.56 bits per heavy atom. The lowest BCUT2D eigenvalue weighted by Crippen LogP contribution is -1.99. The minimum absolute atomic E-state index is 0.708. The summed E-state index contributed by atoms with van der Waals surface area (Å²) < 4.78 is 6.66. The molecule has 0 radical (unpaired) electrons. The van der Waals surface area contributed by atoms with Crippen molar-refractivity contribution >= 4 is 28.3 Å². The molecule has 3 heteroatoms. The molecule has 0 unspecified atom stereocenters. The van der Waals surface area contributed by atoms with E-state index in [-0.39, 0.29) is 0 Å². The molecular weight excluding hydrogens is 337 g/mol. The molecular formula is C15H16INO. The summed E-state index contributed by atoms with van der Waals surface area (Å²) in [6.07, 6.45) is 0. The van der Waals surface area contributed by atoms with Gasteiger partial charge in [-0.2, -0.15) is 0 Å². The Kier molecular flexibility index (Phi) is 4.87.